The Hall–Kier alpha value is -2.42. The van der Waals surface area contributed by atoms with Crippen molar-refractivity contribution < 1.29 is 18.8 Å². The molecule has 26 heavy (non-hydrogen) atoms. The van der Waals surface area contributed by atoms with Crippen LogP contribution >= 0.6 is 0 Å². The van der Waals surface area contributed by atoms with E-state index in [-0.39, 0.29) is 17.6 Å². The standard InChI is InChI=1S/C17H23FN4O4/c1-12-11-20(3-4-21(12)13(2)23)16-10-15(19-5-7-26-8-6-19)14(18)9-17(16)22(24)25/h9-10,12H,3-8,11H2,1-2H3. The lowest BCUT2D eigenvalue weighted by Crippen LogP contribution is -2.53. The highest BCUT2D eigenvalue weighted by Crippen LogP contribution is 2.36. The Bertz CT molecular complexity index is 708. The highest BCUT2D eigenvalue weighted by molar-refractivity contribution is 5.75. The molecule has 1 atom stereocenters. The lowest BCUT2D eigenvalue weighted by molar-refractivity contribution is -0.384. The molecule has 2 heterocycles. The Balaban J connectivity index is 1.94. The number of anilines is 2. The van der Waals surface area contributed by atoms with Crippen LogP contribution in [0.5, 0.6) is 0 Å². The molecule has 0 bridgehead atoms. The molecule has 2 fully saturated rings. The van der Waals surface area contributed by atoms with E-state index in [1.165, 1.54) is 6.92 Å². The Morgan fingerprint density at radius 3 is 2.46 bits per heavy atom. The second kappa shape index (κ2) is 7.45. The molecular weight excluding hydrogens is 343 g/mol. The van der Waals surface area contributed by atoms with E-state index in [4.69, 9.17) is 4.74 Å². The van der Waals surface area contributed by atoms with Crippen molar-refractivity contribution in [3.8, 4) is 0 Å². The molecule has 1 aromatic carbocycles. The van der Waals surface area contributed by atoms with Crippen LogP contribution in [0.25, 0.3) is 0 Å². The van der Waals surface area contributed by atoms with Crippen molar-refractivity contribution in [3.63, 3.8) is 0 Å². The number of carbonyl (C=O) groups is 1. The lowest BCUT2D eigenvalue weighted by atomic mass is 10.1. The van der Waals surface area contributed by atoms with Gasteiger partial charge in [-0.15, -0.1) is 0 Å². The molecule has 0 saturated carbocycles. The third-order valence-corrected chi connectivity index (χ3v) is 4.97. The van der Waals surface area contributed by atoms with Gasteiger partial charge in [0.15, 0.2) is 5.82 Å². The maximum Gasteiger partial charge on any atom is 0.295 e. The minimum Gasteiger partial charge on any atom is -0.378 e. The molecular formula is C17H23FN4O4. The minimum absolute atomic E-state index is 0.0141. The number of ether oxygens (including phenoxy) is 1. The molecule has 142 valence electrons. The normalized spacial score (nSPS) is 21.0. The zero-order chi connectivity index (χ0) is 18.8. The van der Waals surface area contributed by atoms with Crippen molar-refractivity contribution >= 4 is 23.0 Å². The van der Waals surface area contributed by atoms with Gasteiger partial charge in [0, 0.05) is 45.7 Å². The fourth-order valence-corrected chi connectivity index (χ4v) is 3.63. The van der Waals surface area contributed by atoms with Gasteiger partial charge in [0.25, 0.3) is 5.69 Å². The Kier molecular flexibility index (Phi) is 5.26. The molecule has 0 radical (unpaired) electrons. The zero-order valence-electron chi connectivity index (χ0n) is 15.0. The fourth-order valence-electron chi connectivity index (χ4n) is 3.63. The van der Waals surface area contributed by atoms with E-state index >= 15 is 0 Å². The van der Waals surface area contributed by atoms with Gasteiger partial charge in [-0.3, -0.25) is 14.9 Å². The fraction of sp³-hybridized carbons (Fsp3) is 0.588. The number of piperazine rings is 1. The number of carbonyl (C=O) groups excluding carboxylic acids is 1. The van der Waals surface area contributed by atoms with E-state index in [1.54, 1.807) is 11.0 Å². The summed E-state index contributed by atoms with van der Waals surface area (Å²) in [7, 11) is 0. The number of nitro groups is 1. The van der Waals surface area contributed by atoms with E-state index in [2.05, 4.69) is 0 Å². The van der Waals surface area contributed by atoms with Crippen LogP contribution < -0.4 is 9.80 Å². The van der Waals surface area contributed by atoms with Gasteiger partial charge in [0.1, 0.15) is 5.69 Å². The van der Waals surface area contributed by atoms with Crippen LogP contribution in [0, 0.1) is 15.9 Å². The van der Waals surface area contributed by atoms with Crippen LogP contribution in [0.2, 0.25) is 0 Å². The van der Waals surface area contributed by atoms with Crippen molar-refractivity contribution in [1.29, 1.82) is 0 Å². The monoisotopic (exact) mass is 366 g/mol. The third-order valence-electron chi connectivity index (χ3n) is 4.97. The molecule has 2 saturated heterocycles. The molecule has 2 aliphatic rings. The van der Waals surface area contributed by atoms with Crippen LogP contribution in [0.4, 0.5) is 21.5 Å². The number of hydrogen-bond acceptors (Lipinski definition) is 6. The first-order chi connectivity index (χ1) is 12.4. The van der Waals surface area contributed by atoms with Crippen LogP contribution in [0.3, 0.4) is 0 Å². The van der Waals surface area contributed by atoms with Crippen LogP contribution in [-0.4, -0.2) is 67.7 Å². The predicted molar refractivity (Wildman–Crippen MR) is 95.1 cm³/mol. The number of nitro benzene ring substituents is 1. The number of halogens is 1. The maximum atomic E-state index is 14.5. The minimum atomic E-state index is -0.599. The molecule has 0 aromatic heterocycles. The van der Waals surface area contributed by atoms with Gasteiger partial charge in [0.2, 0.25) is 5.91 Å². The van der Waals surface area contributed by atoms with Crippen molar-refractivity contribution in [2.24, 2.45) is 0 Å². The van der Waals surface area contributed by atoms with E-state index < -0.39 is 10.7 Å². The number of nitrogens with zero attached hydrogens (tertiary/aromatic N) is 4. The first-order valence-corrected chi connectivity index (χ1v) is 8.71. The van der Waals surface area contributed by atoms with Crippen molar-refractivity contribution in [1.82, 2.24) is 4.90 Å². The van der Waals surface area contributed by atoms with E-state index in [9.17, 15) is 19.3 Å². The lowest BCUT2D eigenvalue weighted by Gasteiger charge is -2.40. The molecule has 1 aromatic rings. The Labute approximate surface area is 151 Å². The van der Waals surface area contributed by atoms with Crippen molar-refractivity contribution in [2.45, 2.75) is 19.9 Å². The van der Waals surface area contributed by atoms with Crippen LogP contribution in [0.15, 0.2) is 12.1 Å². The summed E-state index contributed by atoms with van der Waals surface area (Å²) >= 11 is 0. The number of morpholine rings is 1. The smallest absolute Gasteiger partial charge is 0.295 e. The SMILES string of the molecule is CC(=O)N1CCN(c2cc(N3CCOCC3)c(F)cc2[N+](=O)[O-])CC1C. The highest BCUT2D eigenvalue weighted by atomic mass is 19.1. The number of hydrogen-bond donors (Lipinski definition) is 0. The van der Waals surface area contributed by atoms with E-state index in [0.717, 1.165) is 6.07 Å². The first-order valence-electron chi connectivity index (χ1n) is 8.71. The van der Waals surface area contributed by atoms with Gasteiger partial charge in [-0.2, -0.15) is 0 Å². The molecule has 8 nitrogen and oxygen atoms in total. The van der Waals surface area contributed by atoms with Crippen molar-refractivity contribution in [2.75, 3.05) is 55.7 Å². The number of amides is 1. The average molecular weight is 366 g/mol. The van der Waals surface area contributed by atoms with Gasteiger partial charge in [-0.1, -0.05) is 0 Å². The molecule has 1 unspecified atom stereocenters. The highest BCUT2D eigenvalue weighted by Gasteiger charge is 2.31. The van der Waals surface area contributed by atoms with E-state index in [0.29, 0.717) is 57.3 Å². The second-order valence-corrected chi connectivity index (χ2v) is 6.66. The summed E-state index contributed by atoms with van der Waals surface area (Å²) in [6, 6.07) is 2.50. The number of benzene rings is 1. The Morgan fingerprint density at radius 2 is 1.88 bits per heavy atom. The summed E-state index contributed by atoms with van der Waals surface area (Å²) in [5.74, 6) is -0.613. The van der Waals surface area contributed by atoms with Crippen LogP contribution in [0.1, 0.15) is 13.8 Å². The third kappa shape index (κ3) is 3.57. The van der Waals surface area contributed by atoms with Gasteiger partial charge in [0.05, 0.1) is 29.9 Å². The summed E-state index contributed by atoms with van der Waals surface area (Å²) in [6.45, 7) is 6.94. The molecule has 0 N–H and O–H groups in total. The average Bonchev–Trinajstić information content (AvgIpc) is 2.61. The molecule has 3 rings (SSSR count). The zero-order valence-corrected chi connectivity index (χ0v) is 15.0. The van der Waals surface area contributed by atoms with Gasteiger partial charge in [-0.25, -0.2) is 4.39 Å². The van der Waals surface area contributed by atoms with Gasteiger partial charge in [-0.05, 0) is 13.0 Å². The Morgan fingerprint density at radius 1 is 1.19 bits per heavy atom. The molecule has 1 amide bonds. The summed E-state index contributed by atoms with van der Waals surface area (Å²) in [5, 5.41) is 11.5. The molecule has 2 aliphatic heterocycles. The van der Waals surface area contributed by atoms with Gasteiger partial charge >= 0.3 is 0 Å². The second-order valence-electron chi connectivity index (χ2n) is 6.66. The summed E-state index contributed by atoms with van der Waals surface area (Å²) < 4.78 is 19.8. The predicted octanol–water partition coefficient (Wildman–Crippen LogP) is 1.63. The molecule has 0 spiro atoms. The van der Waals surface area contributed by atoms with Crippen molar-refractivity contribution in [3.05, 3.63) is 28.1 Å². The summed E-state index contributed by atoms with van der Waals surface area (Å²) in [4.78, 5) is 28.0. The first kappa shape index (κ1) is 18.4. The van der Waals surface area contributed by atoms with E-state index in [1.807, 2.05) is 16.7 Å². The summed E-state index contributed by atoms with van der Waals surface area (Å²) in [5.41, 5.74) is 0.506. The number of rotatable bonds is 3. The molecule has 0 aliphatic carbocycles. The maximum absolute atomic E-state index is 14.5. The largest absolute Gasteiger partial charge is 0.378 e. The van der Waals surface area contributed by atoms with Gasteiger partial charge < -0.3 is 19.4 Å². The quantitative estimate of drug-likeness (QED) is 0.598. The molecule has 9 heteroatoms. The van der Waals surface area contributed by atoms with Crippen LogP contribution in [-0.2, 0) is 9.53 Å². The topological polar surface area (TPSA) is 79.2 Å². The summed E-state index contributed by atoms with van der Waals surface area (Å²) in [6.07, 6.45) is 0.